The molecule has 0 spiro atoms. The summed E-state index contributed by atoms with van der Waals surface area (Å²) in [6.45, 7) is 4.34. The number of benzene rings is 3. The van der Waals surface area contributed by atoms with Crippen molar-refractivity contribution < 1.29 is 18.9 Å². The van der Waals surface area contributed by atoms with E-state index in [1.165, 1.54) is 25.3 Å². The van der Waals surface area contributed by atoms with Crippen molar-refractivity contribution in [3.8, 4) is 17.2 Å². The zero-order valence-corrected chi connectivity index (χ0v) is 17.8. The Balaban J connectivity index is 1.46. The van der Waals surface area contributed by atoms with Gasteiger partial charge in [0.1, 0.15) is 5.52 Å². The molecule has 0 radical (unpaired) electrons. The Morgan fingerprint density at radius 2 is 1.81 bits per heavy atom. The molecule has 0 aliphatic carbocycles. The molecule has 4 rings (SSSR count). The minimum Gasteiger partial charge on any atom is -0.490 e. The summed E-state index contributed by atoms with van der Waals surface area (Å²) in [7, 11) is 1.34. The maximum absolute atomic E-state index is 12.4. The third-order valence-electron chi connectivity index (χ3n) is 5.30. The summed E-state index contributed by atoms with van der Waals surface area (Å²) in [4.78, 5) is 27.6. The standard InChI is InChI=1S/C24H21N3O5/c1-14-10-19-22(11-15(14)2)32-24(26-19)17-6-4-16(5-7-17)13-25-23(28)18-8-9-21(31-3)20(12-18)27(29)30/h4-12H,13H2,1-3H3,(H,25,28). The maximum atomic E-state index is 12.4. The third-order valence-corrected chi connectivity index (χ3v) is 5.30. The molecule has 0 bridgehead atoms. The summed E-state index contributed by atoms with van der Waals surface area (Å²) in [6, 6.07) is 15.6. The van der Waals surface area contributed by atoms with E-state index in [1.807, 2.05) is 50.2 Å². The second kappa shape index (κ2) is 8.50. The topological polar surface area (TPSA) is 108 Å². The van der Waals surface area contributed by atoms with Gasteiger partial charge in [0.2, 0.25) is 5.89 Å². The summed E-state index contributed by atoms with van der Waals surface area (Å²) in [6.07, 6.45) is 0. The molecule has 8 nitrogen and oxygen atoms in total. The van der Waals surface area contributed by atoms with Crippen LogP contribution in [0.5, 0.6) is 5.75 Å². The highest BCUT2D eigenvalue weighted by Gasteiger charge is 2.18. The van der Waals surface area contributed by atoms with E-state index in [1.54, 1.807) is 0 Å². The second-order valence-electron chi connectivity index (χ2n) is 7.45. The molecule has 32 heavy (non-hydrogen) atoms. The zero-order chi connectivity index (χ0) is 22.8. The van der Waals surface area contributed by atoms with E-state index in [0.29, 0.717) is 5.89 Å². The van der Waals surface area contributed by atoms with Crippen LogP contribution in [0.15, 0.2) is 59.0 Å². The van der Waals surface area contributed by atoms with Crippen LogP contribution in [0.2, 0.25) is 0 Å². The van der Waals surface area contributed by atoms with Gasteiger partial charge in [-0.2, -0.15) is 0 Å². The van der Waals surface area contributed by atoms with Crippen LogP contribution in [-0.4, -0.2) is 22.9 Å². The number of hydrogen-bond donors (Lipinski definition) is 1. The Morgan fingerprint density at radius 3 is 2.50 bits per heavy atom. The molecule has 1 amide bonds. The molecular weight excluding hydrogens is 410 g/mol. The number of nitro groups is 1. The van der Waals surface area contributed by atoms with Crippen molar-refractivity contribution >= 4 is 22.7 Å². The van der Waals surface area contributed by atoms with Gasteiger partial charge in [-0.15, -0.1) is 0 Å². The number of nitro benzene ring substituents is 1. The Labute approximate surface area is 184 Å². The molecule has 0 unspecified atom stereocenters. The van der Waals surface area contributed by atoms with Crippen molar-refractivity contribution in [3.63, 3.8) is 0 Å². The average Bonchev–Trinajstić information content (AvgIpc) is 3.20. The third kappa shape index (κ3) is 4.15. The number of hydrogen-bond acceptors (Lipinski definition) is 6. The van der Waals surface area contributed by atoms with Gasteiger partial charge in [-0.05, 0) is 66.9 Å². The van der Waals surface area contributed by atoms with Gasteiger partial charge in [-0.3, -0.25) is 14.9 Å². The number of amides is 1. The van der Waals surface area contributed by atoms with E-state index in [4.69, 9.17) is 9.15 Å². The predicted octanol–water partition coefficient (Wildman–Crippen LogP) is 4.96. The quantitative estimate of drug-likeness (QED) is 0.342. The number of ether oxygens (including phenoxy) is 1. The van der Waals surface area contributed by atoms with E-state index in [2.05, 4.69) is 10.3 Å². The van der Waals surface area contributed by atoms with Crippen molar-refractivity contribution in [2.24, 2.45) is 0 Å². The van der Waals surface area contributed by atoms with Crippen LogP contribution in [0, 0.1) is 24.0 Å². The van der Waals surface area contributed by atoms with E-state index < -0.39 is 10.8 Å². The molecular formula is C24H21N3O5. The van der Waals surface area contributed by atoms with Gasteiger partial charge >= 0.3 is 5.69 Å². The molecule has 162 valence electrons. The number of aromatic nitrogens is 1. The van der Waals surface area contributed by atoms with E-state index in [9.17, 15) is 14.9 Å². The Kier molecular flexibility index (Phi) is 5.59. The fourth-order valence-electron chi connectivity index (χ4n) is 3.33. The highest BCUT2D eigenvalue weighted by molar-refractivity contribution is 5.95. The van der Waals surface area contributed by atoms with Gasteiger partial charge in [0, 0.05) is 23.7 Å². The molecule has 1 N–H and O–H groups in total. The first-order valence-corrected chi connectivity index (χ1v) is 9.93. The van der Waals surface area contributed by atoms with Crippen LogP contribution < -0.4 is 10.1 Å². The largest absolute Gasteiger partial charge is 0.490 e. The van der Waals surface area contributed by atoms with Crippen LogP contribution in [0.4, 0.5) is 5.69 Å². The molecule has 1 heterocycles. The summed E-state index contributed by atoms with van der Waals surface area (Å²) in [5, 5.41) is 13.9. The molecule has 4 aromatic rings. The van der Waals surface area contributed by atoms with E-state index in [-0.39, 0.29) is 23.5 Å². The molecule has 0 atom stereocenters. The fraction of sp³-hybridized carbons (Fsp3) is 0.167. The summed E-state index contributed by atoms with van der Waals surface area (Å²) >= 11 is 0. The number of methoxy groups -OCH3 is 1. The summed E-state index contributed by atoms with van der Waals surface area (Å²) in [5.74, 6) is 0.224. The lowest BCUT2D eigenvalue weighted by Gasteiger charge is -2.07. The van der Waals surface area contributed by atoms with Gasteiger partial charge in [0.15, 0.2) is 11.3 Å². The second-order valence-corrected chi connectivity index (χ2v) is 7.45. The van der Waals surface area contributed by atoms with Gasteiger partial charge in [0.25, 0.3) is 5.91 Å². The van der Waals surface area contributed by atoms with Gasteiger partial charge < -0.3 is 14.5 Å². The fourth-order valence-corrected chi connectivity index (χ4v) is 3.33. The lowest BCUT2D eigenvalue weighted by molar-refractivity contribution is -0.385. The van der Waals surface area contributed by atoms with Crippen molar-refractivity contribution in [1.82, 2.24) is 10.3 Å². The molecule has 0 fully saturated rings. The van der Waals surface area contributed by atoms with Crippen LogP contribution in [0.1, 0.15) is 27.0 Å². The molecule has 3 aromatic carbocycles. The van der Waals surface area contributed by atoms with Crippen LogP contribution in [-0.2, 0) is 6.54 Å². The zero-order valence-electron chi connectivity index (χ0n) is 17.8. The number of carbonyl (C=O) groups excluding carboxylic acids is 1. The van der Waals surface area contributed by atoms with E-state index in [0.717, 1.165) is 33.4 Å². The molecule has 0 saturated carbocycles. The highest BCUT2D eigenvalue weighted by atomic mass is 16.6. The minimum absolute atomic E-state index is 0.103. The average molecular weight is 431 g/mol. The first-order valence-electron chi connectivity index (χ1n) is 9.93. The van der Waals surface area contributed by atoms with Crippen molar-refractivity contribution in [2.75, 3.05) is 7.11 Å². The Hall–Kier alpha value is -4.20. The van der Waals surface area contributed by atoms with Crippen molar-refractivity contribution in [2.45, 2.75) is 20.4 Å². The lowest BCUT2D eigenvalue weighted by atomic mass is 10.1. The van der Waals surface area contributed by atoms with Crippen LogP contribution in [0.3, 0.4) is 0 Å². The molecule has 1 aromatic heterocycles. The van der Waals surface area contributed by atoms with Crippen LogP contribution >= 0.6 is 0 Å². The SMILES string of the molecule is COc1ccc(C(=O)NCc2ccc(-c3nc4cc(C)c(C)cc4o3)cc2)cc1[N+](=O)[O-]. The van der Waals surface area contributed by atoms with Crippen molar-refractivity contribution in [1.29, 1.82) is 0 Å². The van der Waals surface area contributed by atoms with Crippen molar-refractivity contribution in [3.05, 3.63) is 87.0 Å². The molecule has 0 aliphatic heterocycles. The smallest absolute Gasteiger partial charge is 0.311 e. The molecule has 0 saturated heterocycles. The van der Waals surface area contributed by atoms with Gasteiger partial charge in [-0.1, -0.05) is 12.1 Å². The van der Waals surface area contributed by atoms with E-state index >= 15 is 0 Å². The maximum Gasteiger partial charge on any atom is 0.311 e. The normalized spacial score (nSPS) is 10.8. The Morgan fingerprint density at radius 1 is 1.09 bits per heavy atom. The monoisotopic (exact) mass is 431 g/mol. The number of rotatable bonds is 6. The lowest BCUT2D eigenvalue weighted by Crippen LogP contribution is -2.22. The minimum atomic E-state index is -0.580. The predicted molar refractivity (Wildman–Crippen MR) is 120 cm³/mol. The number of nitrogens with one attached hydrogen (secondary N) is 1. The molecule has 8 heteroatoms. The van der Waals surface area contributed by atoms with Gasteiger partial charge in [0.05, 0.1) is 12.0 Å². The van der Waals surface area contributed by atoms with Gasteiger partial charge in [-0.25, -0.2) is 4.98 Å². The summed E-state index contributed by atoms with van der Waals surface area (Å²) < 4.78 is 10.9. The number of carbonyl (C=O) groups is 1. The first kappa shape index (κ1) is 21.0. The summed E-state index contributed by atoms with van der Waals surface area (Å²) in [5.41, 5.74) is 5.49. The Bertz CT molecular complexity index is 1290. The molecule has 0 aliphatic rings. The van der Waals surface area contributed by atoms with Crippen LogP contribution in [0.25, 0.3) is 22.6 Å². The highest BCUT2D eigenvalue weighted by Crippen LogP contribution is 2.28. The number of nitrogens with zero attached hydrogens (tertiary/aromatic N) is 2. The number of oxazole rings is 1. The first-order chi connectivity index (χ1) is 15.4. The number of fused-ring (bicyclic) bond motifs is 1. The number of aryl methyl sites for hydroxylation is 2.